The van der Waals surface area contributed by atoms with Crippen molar-refractivity contribution in [1.29, 1.82) is 0 Å². The smallest absolute Gasteiger partial charge is 0.178 e. The highest BCUT2D eigenvalue weighted by molar-refractivity contribution is 5.47. The van der Waals surface area contributed by atoms with Crippen molar-refractivity contribution in [2.75, 3.05) is 0 Å². The first-order valence-corrected chi connectivity index (χ1v) is 3.57. The average molecular weight is 150 g/mol. The van der Waals surface area contributed by atoms with E-state index < -0.39 is 0 Å². The van der Waals surface area contributed by atoms with Crippen LogP contribution in [0.4, 0.5) is 0 Å². The lowest BCUT2D eigenvalue weighted by Gasteiger charge is -1.83. The fourth-order valence-corrected chi connectivity index (χ4v) is 1.15. The summed E-state index contributed by atoms with van der Waals surface area (Å²) >= 11 is 0. The zero-order valence-corrected chi connectivity index (χ0v) is 6.84. The number of aromatic nitrogens is 4. The van der Waals surface area contributed by atoms with Gasteiger partial charge in [-0.2, -0.15) is 4.63 Å². The molecule has 0 aliphatic rings. The number of H-pyrrole nitrogens is 1. The van der Waals surface area contributed by atoms with Gasteiger partial charge in [0.05, 0.1) is 0 Å². The number of fused-ring (bicyclic) bond motifs is 1. The molecule has 0 atom stereocenters. The van der Waals surface area contributed by atoms with E-state index in [2.05, 4.69) is 15.2 Å². The second kappa shape index (κ2) is 1.84. The molecular weight excluding hydrogens is 140 g/mol. The lowest BCUT2D eigenvalue weighted by Crippen LogP contribution is -1.86. The summed E-state index contributed by atoms with van der Waals surface area (Å²) in [6.45, 7) is 5.94. The summed E-state index contributed by atoms with van der Waals surface area (Å²) in [6, 6.07) is 0. The van der Waals surface area contributed by atoms with E-state index in [0.717, 1.165) is 17.2 Å². The highest BCUT2D eigenvalue weighted by Gasteiger charge is 2.06. The Labute approximate surface area is 64.2 Å². The Kier molecular flexibility index (Phi) is 1.07. The van der Waals surface area contributed by atoms with Gasteiger partial charge in [0.25, 0.3) is 0 Å². The molecule has 0 aliphatic heterocycles. The molecule has 2 rings (SSSR count). The van der Waals surface area contributed by atoms with Gasteiger partial charge in [0, 0.05) is 11.3 Å². The molecule has 2 heterocycles. The Morgan fingerprint density at radius 3 is 2.64 bits per heavy atom. The third-order valence-electron chi connectivity index (χ3n) is 1.88. The normalized spacial score (nSPS) is 11.2. The van der Waals surface area contributed by atoms with E-state index in [1.54, 1.807) is 4.63 Å². The van der Waals surface area contributed by atoms with E-state index in [1.807, 2.05) is 20.8 Å². The second-order valence-corrected chi connectivity index (χ2v) is 2.76. The van der Waals surface area contributed by atoms with Crippen LogP contribution in [0.2, 0.25) is 0 Å². The zero-order chi connectivity index (χ0) is 8.01. The Morgan fingerprint density at radius 1 is 1.27 bits per heavy atom. The van der Waals surface area contributed by atoms with Crippen LogP contribution in [-0.2, 0) is 0 Å². The number of hydrogen-bond acceptors (Lipinski definition) is 2. The van der Waals surface area contributed by atoms with E-state index >= 15 is 0 Å². The molecule has 0 unspecified atom stereocenters. The molecule has 0 spiro atoms. The molecule has 11 heavy (non-hydrogen) atoms. The first-order chi connectivity index (χ1) is 5.18. The van der Waals surface area contributed by atoms with Crippen molar-refractivity contribution in [1.82, 2.24) is 19.8 Å². The first-order valence-electron chi connectivity index (χ1n) is 3.57. The van der Waals surface area contributed by atoms with Crippen molar-refractivity contribution in [3.63, 3.8) is 0 Å². The van der Waals surface area contributed by atoms with Gasteiger partial charge in [-0.1, -0.05) is 0 Å². The molecule has 0 radical (unpaired) electrons. The maximum Gasteiger partial charge on any atom is 0.178 e. The largest absolute Gasteiger partial charge is 0.280 e. The molecule has 2 aromatic rings. The fraction of sp³-hybridized carbons (Fsp3) is 0.429. The molecule has 4 heteroatoms. The molecule has 4 nitrogen and oxygen atoms in total. The van der Waals surface area contributed by atoms with Crippen LogP contribution in [0.25, 0.3) is 5.65 Å². The molecule has 58 valence electrons. The van der Waals surface area contributed by atoms with E-state index in [1.165, 1.54) is 5.56 Å². The van der Waals surface area contributed by atoms with Crippen molar-refractivity contribution in [2.24, 2.45) is 0 Å². The van der Waals surface area contributed by atoms with E-state index in [-0.39, 0.29) is 0 Å². The number of rotatable bonds is 0. The Balaban J connectivity index is 2.88. The van der Waals surface area contributed by atoms with E-state index in [0.29, 0.717) is 0 Å². The number of aryl methyl sites for hydroxylation is 3. The molecule has 0 bridgehead atoms. The van der Waals surface area contributed by atoms with Crippen molar-refractivity contribution < 1.29 is 0 Å². The number of hydrogen-bond donors (Lipinski definition) is 1. The van der Waals surface area contributed by atoms with Gasteiger partial charge in [0.1, 0.15) is 5.82 Å². The third-order valence-corrected chi connectivity index (χ3v) is 1.88. The average Bonchev–Trinajstić information content (AvgIpc) is 2.37. The van der Waals surface area contributed by atoms with Crippen molar-refractivity contribution in [3.8, 4) is 0 Å². The van der Waals surface area contributed by atoms with Gasteiger partial charge in [-0.05, 0) is 20.8 Å². The van der Waals surface area contributed by atoms with Gasteiger partial charge < -0.3 is 0 Å². The number of nitrogens with one attached hydrogen (secondary N) is 1. The minimum atomic E-state index is 0.805. The first kappa shape index (κ1) is 6.39. The minimum absolute atomic E-state index is 0.805. The van der Waals surface area contributed by atoms with Crippen LogP contribution in [0, 0.1) is 20.8 Å². The van der Waals surface area contributed by atoms with Crippen LogP contribution in [-0.4, -0.2) is 19.8 Å². The van der Waals surface area contributed by atoms with Crippen molar-refractivity contribution in [2.45, 2.75) is 20.8 Å². The predicted octanol–water partition coefficient (Wildman–Crippen LogP) is 0.983. The quantitative estimate of drug-likeness (QED) is 0.608. The predicted molar refractivity (Wildman–Crippen MR) is 41.5 cm³/mol. The molecule has 0 aliphatic carbocycles. The maximum atomic E-state index is 4.25. The van der Waals surface area contributed by atoms with Gasteiger partial charge in [-0.15, -0.1) is 5.10 Å². The molecule has 0 saturated carbocycles. The monoisotopic (exact) mass is 150 g/mol. The van der Waals surface area contributed by atoms with Crippen molar-refractivity contribution >= 4 is 5.65 Å². The number of nitrogens with zero attached hydrogens (tertiary/aromatic N) is 3. The summed E-state index contributed by atoms with van der Waals surface area (Å²) in [7, 11) is 0. The maximum absolute atomic E-state index is 4.25. The van der Waals surface area contributed by atoms with Crippen LogP contribution in [0.15, 0.2) is 0 Å². The summed E-state index contributed by atoms with van der Waals surface area (Å²) in [6.07, 6.45) is 0. The molecule has 0 fully saturated rings. The number of aromatic amines is 1. The summed E-state index contributed by atoms with van der Waals surface area (Å²) in [5.41, 5.74) is 3.23. The van der Waals surface area contributed by atoms with E-state index in [4.69, 9.17) is 0 Å². The Morgan fingerprint density at radius 2 is 2.00 bits per heavy atom. The van der Waals surface area contributed by atoms with Crippen LogP contribution >= 0.6 is 0 Å². The summed E-state index contributed by atoms with van der Waals surface area (Å²) in [4.78, 5) is 4.25. The fourth-order valence-electron chi connectivity index (χ4n) is 1.15. The van der Waals surface area contributed by atoms with Gasteiger partial charge in [-0.25, -0.2) is 4.98 Å². The second-order valence-electron chi connectivity index (χ2n) is 2.76. The lowest BCUT2D eigenvalue weighted by atomic mass is 10.3. The highest BCUT2D eigenvalue weighted by atomic mass is 15.5. The molecule has 0 amide bonds. The molecule has 2 aromatic heterocycles. The lowest BCUT2D eigenvalue weighted by molar-refractivity contribution is 0.793. The summed E-state index contributed by atoms with van der Waals surface area (Å²) in [5, 5.41) is 7.24. The third kappa shape index (κ3) is 0.753. The van der Waals surface area contributed by atoms with Gasteiger partial charge in [-0.3, -0.25) is 5.10 Å². The SMILES string of the molecule is Cc1nc2c(C)c(C)[nH]n2n1. The van der Waals surface area contributed by atoms with Crippen LogP contribution in [0.5, 0.6) is 0 Å². The summed E-state index contributed by atoms with van der Waals surface area (Å²) < 4.78 is 1.71. The van der Waals surface area contributed by atoms with Gasteiger partial charge >= 0.3 is 0 Å². The van der Waals surface area contributed by atoms with Crippen molar-refractivity contribution in [3.05, 3.63) is 17.1 Å². The Bertz CT molecular complexity index is 396. The van der Waals surface area contributed by atoms with Crippen LogP contribution < -0.4 is 0 Å². The van der Waals surface area contributed by atoms with Crippen LogP contribution in [0.1, 0.15) is 17.1 Å². The molecule has 0 saturated heterocycles. The standard InChI is InChI=1S/C7H10N4/c1-4-5(2)9-11-7(4)8-6(3)10-11/h9H,1-3H3. The van der Waals surface area contributed by atoms with Gasteiger partial charge in [0.2, 0.25) is 0 Å². The topological polar surface area (TPSA) is 46.0 Å². The van der Waals surface area contributed by atoms with Gasteiger partial charge in [0.15, 0.2) is 5.65 Å². The molecule has 1 N–H and O–H groups in total. The van der Waals surface area contributed by atoms with E-state index in [9.17, 15) is 0 Å². The Hall–Kier alpha value is -1.32. The minimum Gasteiger partial charge on any atom is -0.280 e. The summed E-state index contributed by atoms with van der Waals surface area (Å²) in [5.74, 6) is 0.805. The van der Waals surface area contributed by atoms with Crippen LogP contribution in [0.3, 0.4) is 0 Å². The highest BCUT2D eigenvalue weighted by Crippen LogP contribution is 2.10. The molecule has 0 aromatic carbocycles. The zero-order valence-electron chi connectivity index (χ0n) is 6.84. The molecular formula is C7H10N4.